The number of aliphatic hydroxyl groups is 1. The van der Waals surface area contributed by atoms with Gasteiger partial charge in [-0.1, -0.05) is 78.6 Å². The Kier molecular flexibility index (Phi) is 8.90. The van der Waals surface area contributed by atoms with E-state index in [4.69, 9.17) is 13.9 Å². The Hall–Kier alpha value is -4.61. The third kappa shape index (κ3) is 6.05. The summed E-state index contributed by atoms with van der Waals surface area (Å²) in [7, 11) is 0. The van der Waals surface area contributed by atoms with Crippen molar-refractivity contribution >= 4 is 50.7 Å². The van der Waals surface area contributed by atoms with Crippen LogP contribution >= 0.6 is 23.1 Å². The van der Waals surface area contributed by atoms with Crippen molar-refractivity contribution in [3.05, 3.63) is 107 Å². The molecule has 9 nitrogen and oxygen atoms in total. The highest BCUT2D eigenvalue weighted by molar-refractivity contribution is 8.00. The normalized spacial score (nSPS) is 14.9. The van der Waals surface area contributed by atoms with Crippen molar-refractivity contribution < 1.29 is 28.6 Å². The maximum atomic E-state index is 13.8. The van der Waals surface area contributed by atoms with Crippen molar-refractivity contribution in [3.63, 3.8) is 0 Å². The molecule has 2 aromatic heterocycles. The summed E-state index contributed by atoms with van der Waals surface area (Å²) in [4.78, 5) is 28.8. The van der Waals surface area contributed by atoms with Gasteiger partial charge in [-0.05, 0) is 66.4 Å². The summed E-state index contributed by atoms with van der Waals surface area (Å²) in [5.74, 6) is 0.196. The Morgan fingerprint density at radius 2 is 1.84 bits per heavy atom. The van der Waals surface area contributed by atoms with Gasteiger partial charge < -0.3 is 19.0 Å². The number of rotatable bonds is 12. The lowest BCUT2D eigenvalue weighted by atomic mass is 9.95. The van der Waals surface area contributed by atoms with E-state index in [0.29, 0.717) is 46.1 Å². The van der Waals surface area contributed by atoms with Gasteiger partial charge in [0.05, 0.1) is 24.8 Å². The molecule has 11 heteroatoms. The standard InChI is InChI=1S/C34H31N3O6S2/c1-4-17-42-25-16-14-22(18-27(25)41-5-2)29-28(30(38)26-15-13-20(3)43-26)31(39)32(40)37(29)33-35-36-34(45-33)44-19-23-11-8-10-21-9-6-7-12-24(21)23/h6-16,18,29,39H,4-5,17,19H2,1-3H3. The fraction of sp³-hybridized carbons (Fsp3) is 0.235. The van der Waals surface area contributed by atoms with Crippen LogP contribution in [0.2, 0.25) is 0 Å². The predicted molar refractivity (Wildman–Crippen MR) is 174 cm³/mol. The van der Waals surface area contributed by atoms with Crippen LogP contribution in [0.4, 0.5) is 5.13 Å². The molecule has 0 saturated heterocycles. The maximum absolute atomic E-state index is 13.8. The minimum Gasteiger partial charge on any atom is -0.503 e. The number of Topliss-reactive ketones (excluding diaryl/α,β-unsaturated/α-hetero) is 1. The number of aromatic nitrogens is 2. The number of ketones is 1. The van der Waals surface area contributed by atoms with E-state index in [-0.39, 0.29) is 16.5 Å². The summed E-state index contributed by atoms with van der Waals surface area (Å²) < 4.78 is 18.0. The zero-order valence-corrected chi connectivity index (χ0v) is 26.6. The molecule has 3 heterocycles. The van der Waals surface area contributed by atoms with E-state index in [9.17, 15) is 14.7 Å². The van der Waals surface area contributed by atoms with Gasteiger partial charge in [0.1, 0.15) is 5.76 Å². The lowest BCUT2D eigenvalue weighted by Crippen LogP contribution is -2.31. The van der Waals surface area contributed by atoms with Crippen molar-refractivity contribution in [1.82, 2.24) is 10.2 Å². The summed E-state index contributed by atoms with van der Waals surface area (Å²) in [5.41, 5.74) is 1.57. The van der Waals surface area contributed by atoms with Crippen LogP contribution in [0.1, 0.15) is 53.8 Å². The molecule has 0 radical (unpaired) electrons. The van der Waals surface area contributed by atoms with Crippen molar-refractivity contribution in [3.8, 4) is 11.5 Å². The van der Waals surface area contributed by atoms with Crippen LogP contribution in [-0.2, 0) is 10.5 Å². The molecule has 3 aromatic carbocycles. The predicted octanol–water partition coefficient (Wildman–Crippen LogP) is 7.86. The van der Waals surface area contributed by atoms with E-state index >= 15 is 0 Å². The van der Waals surface area contributed by atoms with E-state index < -0.39 is 23.5 Å². The minimum absolute atomic E-state index is 0.0187. The zero-order chi connectivity index (χ0) is 31.5. The van der Waals surface area contributed by atoms with Crippen molar-refractivity contribution in [2.24, 2.45) is 0 Å². The number of anilines is 1. The highest BCUT2D eigenvalue weighted by atomic mass is 32.2. The molecule has 45 heavy (non-hydrogen) atoms. The molecule has 0 aliphatic carbocycles. The molecule has 0 fully saturated rings. The van der Waals surface area contributed by atoms with Gasteiger partial charge in [0.25, 0.3) is 5.91 Å². The molecule has 1 N–H and O–H groups in total. The number of nitrogens with zero attached hydrogens (tertiary/aromatic N) is 3. The molecule has 5 aromatic rings. The number of hydrogen-bond donors (Lipinski definition) is 1. The maximum Gasteiger partial charge on any atom is 0.296 e. The molecule has 230 valence electrons. The van der Waals surface area contributed by atoms with E-state index in [1.54, 1.807) is 31.2 Å². The van der Waals surface area contributed by atoms with E-state index in [1.807, 2.05) is 32.0 Å². The third-order valence-corrected chi connectivity index (χ3v) is 9.40. The molecular weight excluding hydrogens is 611 g/mol. The SMILES string of the molecule is CCCOc1ccc(C2C(C(=O)c3ccc(C)o3)=C(O)C(=O)N2c2nnc(SCc3cccc4ccccc34)s2)cc1OCC. The van der Waals surface area contributed by atoms with Crippen LogP contribution in [0.5, 0.6) is 11.5 Å². The largest absolute Gasteiger partial charge is 0.503 e. The van der Waals surface area contributed by atoms with Crippen LogP contribution < -0.4 is 14.4 Å². The first kappa shape index (κ1) is 30.4. The van der Waals surface area contributed by atoms with E-state index in [1.165, 1.54) is 34.1 Å². The van der Waals surface area contributed by atoms with Gasteiger partial charge in [0.2, 0.25) is 10.9 Å². The second-order valence-corrected chi connectivity index (χ2v) is 12.5. The molecule has 1 unspecified atom stereocenters. The number of aliphatic hydroxyl groups excluding tert-OH is 1. The lowest BCUT2D eigenvalue weighted by Gasteiger charge is -2.24. The summed E-state index contributed by atoms with van der Waals surface area (Å²) in [6.07, 6.45) is 0.813. The number of fused-ring (bicyclic) bond motifs is 1. The van der Waals surface area contributed by atoms with Crippen molar-refractivity contribution in [1.29, 1.82) is 0 Å². The number of ether oxygens (including phenoxy) is 2. The molecule has 1 aliphatic rings. The van der Waals surface area contributed by atoms with Crippen LogP contribution in [0.15, 0.2) is 92.9 Å². The Morgan fingerprint density at radius 1 is 1.02 bits per heavy atom. The summed E-state index contributed by atoms with van der Waals surface area (Å²) in [5, 5.41) is 22.5. The molecule has 0 saturated carbocycles. The van der Waals surface area contributed by atoms with Gasteiger partial charge in [-0.2, -0.15) is 0 Å². The van der Waals surface area contributed by atoms with Crippen LogP contribution in [0.25, 0.3) is 10.8 Å². The molecule has 1 atom stereocenters. The average molecular weight is 642 g/mol. The number of aryl methyl sites for hydroxylation is 1. The smallest absolute Gasteiger partial charge is 0.296 e. The summed E-state index contributed by atoms with van der Waals surface area (Å²) in [6.45, 7) is 6.47. The lowest BCUT2D eigenvalue weighted by molar-refractivity contribution is -0.117. The van der Waals surface area contributed by atoms with E-state index in [0.717, 1.165) is 22.8 Å². The fourth-order valence-electron chi connectivity index (χ4n) is 5.25. The van der Waals surface area contributed by atoms with Crippen LogP contribution in [0, 0.1) is 6.92 Å². The molecule has 1 amide bonds. The molecule has 1 aliphatic heterocycles. The van der Waals surface area contributed by atoms with Gasteiger partial charge in [-0.15, -0.1) is 10.2 Å². The first-order chi connectivity index (χ1) is 21.9. The van der Waals surface area contributed by atoms with Crippen molar-refractivity contribution in [2.75, 3.05) is 18.1 Å². The third-order valence-electron chi connectivity index (χ3n) is 7.29. The highest BCUT2D eigenvalue weighted by Crippen LogP contribution is 2.45. The van der Waals surface area contributed by atoms with Crippen LogP contribution in [-0.4, -0.2) is 40.2 Å². The molecule has 0 bridgehead atoms. The number of thioether (sulfide) groups is 1. The second kappa shape index (κ2) is 13.2. The Morgan fingerprint density at radius 3 is 2.62 bits per heavy atom. The van der Waals surface area contributed by atoms with Crippen LogP contribution in [0.3, 0.4) is 0 Å². The number of hydrogen-bond acceptors (Lipinski definition) is 10. The molecule has 0 spiro atoms. The van der Waals surface area contributed by atoms with Gasteiger partial charge in [0, 0.05) is 5.75 Å². The number of carbonyl (C=O) groups excluding carboxylic acids is 2. The number of furan rings is 1. The van der Waals surface area contributed by atoms with Crippen molar-refractivity contribution in [2.45, 2.75) is 43.3 Å². The quantitative estimate of drug-likeness (QED) is 0.0826. The Labute approximate surface area is 268 Å². The van der Waals surface area contributed by atoms with Gasteiger partial charge in [-0.3, -0.25) is 14.5 Å². The number of carbonyl (C=O) groups is 2. The fourth-order valence-corrected chi connectivity index (χ4v) is 7.12. The Bertz CT molecular complexity index is 1910. The summed E-state index contributed by atoms with van der Waals surface area (Å²) in [6, 6.07) is 21.8. The topological polar surface area (TPSA) is 115 Å². The zero-order valence-electron chi connectivity index (χ0n) is 25.0. The minimum atomic E-state index is -1.02. The van der Waals surface area contributed by atoms with Gasteiger partial charge >= 0.3 is 0 Å². The number of benzene rings is 3. The Balaban J connectivity index is 1.36. The van der Waals surface area contributed by atoms with Gasteiger partial charge in [-0.25, -0.2) is 0 Å². The first-order valence-corrected chi connectivity index (χ1v) is 16.4. The monoisotopic (exact) mass is 641 g/mol. The summed E-state index contributed by atoms with van der Waals surface area (Å²) >= 11 is 2.72. The van der Waals surface area contributed by atoms with E-state index in [2.05, 4.69) is 34.5 Å². The van der Waals surface area contributed by atoms with Gasteiger partial charge in [0.15, 0.2) is 27.4 Å². The molecule has 6 rings (SSSR count). The molecular formula is C34H31N3O6S2. The number of amides is 1. The first-order valence-electron chi connectivity index (χ1n) is 14.6. The average Bonchev–Trinajstić information content (AvgIpc) is 3.77. The highest BCUT2D eigenvalue weighted by Gasteiger charge is 2.47. The second-order valence-electron chi connectivity index (χ2n) is 10.3.